The second kappa shape index (κ2) is 7.42. The summed E-state index contributed by atoms with van der Waals surface area (Å²) in [6.07, 6.45) is -4.48. The monoisotopic (exact) mass is 354 g/mol. The van der Waals surface area contributed by atoms with Crippen molar-refractivity contribution in [1.82, 2.24) is 10.3 Å². The number of nitrogens with one attached hydrogen (secondary N) is 1. The molecule has 2 aromatic rings. The fourth-order valence-corrected chi connectivity index (χ4v) is 1.96. The molecule has 0 bridgehead atoms. The number of carbonyl (C=O) groups is 1. The van der Waals surface area contributed by atoms with Crippen LogP contribution in [0.15, 0.2) is 36.4 Å². The standard InChI is InChI=1S/C17H17F3N2O3/c1-10(2)21-16(23)14-8-13(24-3)9-15(22-14)25-12-6-4-5-11(7-12)17(18,19)20/h4-10H,1-3H3,(H,21,23). The first-order valence-corrected chi connectivity index (χ1v) is 7.41. The zero-order valence-electron chi connectivity index (χ0n) is 13.8. The number of benzene rings is 1. The Labute approximate surface area is 142 Å². The van der Waals surface area contributed by atoms with Gasteiger partial charge in [-0.1, -0.05) is 6.07 Å². The average molecular weight is 354 g/mol. The van der Waals surface area contributed by atoms with Crippen molar-refractivity contribution in [2.45, 2.75) is 26.1 Å². The molecule has 1 amide bonds. The molecule has 5 nitrogen and oxygen atoms in total. The Morgan fingerprint density at radius 1 is 1.16 bits per heavy atom. The van der Waals surface area contributed by atoms with Gasteiger partial charge in [-0.2, -0.15) is 13.2 Å². The number of hydrogen-bond donors (Lipinski definition) is 1. The molecule has 0 radical (unpaired) electrons. The molecular weight excluding hydrogens is 337 g/mol. The lowest BCUT2D eigenvalue weighted by atomic mass is 10.2. The lowest BCUT2D eigenvalue weighted by molar-refractivity contribution is -0.137. The number of amides is 1. The zero-order chi connectivity index (χ0) is 18.6. The number of halogens is 3. The summed E-state index contributed by atoms with van der Waals surface area (Å²) < 4.78 is 48.8. The Bertz CT molecular complexity index is 761. The van der Waals surface area contributed by atoms with Crippen LogP contribution in [-0.4, -0.2) is 24.0 Å². The van der Waals surface area contributed by atoms with Crippen molar-refractivity contribution in [2.24, 2.45) is 0 Å². The normalized spacial score (nSPS) is 11.3. The van der Waals surface area contributed by atoms with E-state index in [4.69, 9.17) is 9.47 Å². The summed E-state index contributed by atoms with van der Waals surface area (Å²) >= 11 is 0. The molecule has 0 saturated heterocycles. The highest BCUT2D eigenvalue weighted by atomic mass is 19.4. The van der Waals surface area contributed by atoms with Gasteiger partial charge < -0.3 is 14.8 Å². The molecule has 0 aliphatic carbocycles. The van der Waals surface area contributed by atoms with Crippen LogP contribution in [0.4, 0.5) is 13.2 Å². The summed E-state index contributed by atoms with van der Waals surface area (Å²) in [6, 6.07) is 7.08. The second-order valence-corrected chi connectivity index (χ2v) is 5.49. The van der Waals surface area contributed by atoms with E-state index in [1.54, 1.807) is 13.8 Å². The van der Waals surface area contributed by atoms with E-state index in [1.807, 2.05) is 0 Å². The third kappa shape index (κ3) is 5.10. The summed E-state index contributed by atoms with van der Waals surface area (Å²) in [7, 11) is 1.40. The molecule has 1 heterocycles. The highest BCUT2D eigenvalue weighted by Gasteiger charge is 2.30. The van der Waals surface area contributed by atoms with Gasteiger partial charge in [0.25, 0.3) is 5.91 Å². The molecule has 0 atom stereocenters. The SMILES string of the molecule is COc1cc(Oc2cccc(C(F)(F)F)c2)nc(C(=O)NC(C)C)c1. The highest BCUT2D eigenvalue weighted by molar-refractivity contribution is 5.93. The molecule has 25 heavy (non-hydrogen) atoms. The molecule has 8 heteroatoms. The van der Waals surface area contributed by atoms with Gasteiger partial charge in [0.05, 0.1) is 12.7 Å². The van der Waals surface area contributed by atoms with E-state index >= 15 is 0 Å². The fraction of sp³-hybridized carbons (Fsp3) is 0.294. The molecule has 0 aliphatic heterocycles. The Kier molecular flexibility index (Phi) is 5.51. The van der Waals surface area contributed by atoms with Crippen molar-refractivity contribution >= 4 is 5.91 Å². The minimum Gasteiger partial charge on any atom is -0.496 e. The van der Waals surface area contributed by atoms with Crippen LogP contribution >= 0.6 is 0 Å². The number of methoxy groups -OCH3 is 1. The van der Waals surface area contributed by atoms with Crippen LogP contribution in [-0.2, 0) is 6.18 Å². The van der Waals surface area contributed by atoms with Gasteiger partial charge in [0.1, 0.15) is 17.2 Å². The van der Waals surface area contributed by atoms with Crippen molar-refractivity contribution in [3.05, 3.63) is 47.7 Å². The van der Waals surface area contributed by atoms with E-state index in [1.165, 1.54) is 31.4 Å². The number of hydrogen-bond acceptors (Lipinski definition) is 4. The summed E-state index contributed by atoms with van der Waals surface area (Å²) in [5.74, 6) is -0.243. The minimum absolute atomic E-state index is 0.0371. The molecule has 0 saturated carbocycles. The van der Waals surface area contributed by atoms with Crippen molar-refractivity contribution < 1.29 is 27.4 Å². The zero-order valence-corrected chi connectivity index (χ0v) is 13.8. The molecule has 0 fully saturated rings. The van der Waals surface area contributed by atoms with Gasteiger partial charge in [-0.3, -0.25) is 4.79 Å². The van der Waals surface area contributed by atoms with Crippen LogP contribution in [0.1, 0.15) is 29.9 Å². The number of ether oxygens (including phenoxy) is 2. The van der Waals surface area contributed by atoms with Crippen molar-refractivity contribution in [1.29, 1.82) is 0 Å². The molecule has 0 aliphatic rings. The van der Waals surface area contributed by atoms with Crippen LogP contribution in [0.25, 0.3) is 0 Å². The maximum absolute atomic E-state index is 12.8. The molecule has 0 spiro atoms. The molecule has 1 N–H and O–H groups in total. The van der Waals surface area contributed by atoms with Crippen molar-refractivity contribution in [3.63, 3.8) is 0 Å². The van der Waals surface area contributed by atoms with Crippen LogP contribution in [0.5, 0.6) is 17.4 Å². The van der Waals surface area contributed by atoms with E-state index in [0.29, 0.717) is 5.75 Å². The Balaban J connectivity index is 2.32. The number of carbonyl (C=O) groups excluding carboxylic acids is 1. The van der Waals surface area contributed by atoms with Gasteiger partial charge in [-0.05, 0) is 32.0 Å². The minimum atomic E-state index is -4.48. The predicted octanol–water partition coefficient (Wildman–Crippen LogP) is 4.04. The second-order valence-electron chi connectivity index (χ2n) is 5.49. The summed E-state index contributed by atoms with van der Waals surface area (Å²) in [6.45, 7) is 3.58. The molecule has 0 unspecified atom stereocenters. The van der Waals surface area contributed by atoms with Gasteiger partial charge in [0.15, 0.2) is 0 Å². The number of aromatic nitrogens is 1. The lowest BCUT2D eigenvalue weighted by Gasteiger charge is -2.12. The van der Waals surface area contributed by atoms with E-state index in [-0.39, 0.29) is 23.4 Å². The van der Waals surface area contributed by atoms with Crippen LogP contribution < -0.4 is 14.8 Å². The first-order chi connectivity index (χ1) is 11.7. The Morgan fingerprint density at radius 2 is 1.88 bits per heavy atom. The molecular formula is C17H17F3N2O3. The Morgan fingerprint density at radius 3 is 2.48 bits per heavy atom. The van der Waals surface area contributed by atoms with Gasteiger partial charge in [-0.25, -0.2) is 4.98 Å². The predicted molar refractivity (Wildman–Crippen MR) is 84.9 cm³/mol. The molecule has 2 rings (SSSR count). The number of alkyl halides is 3. The fourth-order valence-electron chi connectivity index (χ4n) is 1.96. The summed E-state index contributed by atoms with van der Waals surface area (Å²) in [5.41, 5.74) is -0.805. The van der Waals surface area contributed by atoms with Gasteiger partial charge >= 0.3 is 6.18 Å². The largest absolute Gasteiger partial charge is 0.496 e. The first kappa shape index (κ1) is 18.6. The smallest absolute Gasteiger partial charge is 0.416 e. The van der Waals surface area contributed by atoms with Gasteiger partial charge in [-0.15, -0.1) is 0 Å². The maximum atomic E-state index is 12.8. The van der Waals surface area contributed by atoms with Crippen molar-refractivity contribution in [2.75, 3.05) is 7.11 Å². The summed E-state index contributed by atoms with van der Waals surface area (Å²) in [4.78, 5) is 16.1. The first-order valence-electron chi connectivity index (χ1n) is 7.41. The molecule has 1 aromatic carbocycles. The van der Waals surface area contributed by atoms with Gasteiger partial charge in [0.2, 0.25) is 5.88 Å². The molecule has 1 aromatic heterocycles. The van der Waals surface area contributed by atoms with E-state index in [2.05, 4.69) is 10.3 Å². The Hall–Kier alpha value is -2.77. The molecule has 134 valence electrons. The maximum Gasteiger partial charge on any atom is 0.416 e. The number of rotatable bonds is 5. The van der Waals surface area contributed by atoms with E-state index in [9.17, 15) is 18.0 Å². The van der Waals surface area contributed by atoms with E-state index < -0.39 is 17.6 Å². The van der Waals surface area contributed by atoms with E-state index in [0.717, 1.165) is 12.1 Å². The van der Waals surface area contributed by atoms with Crippen molar-refractivity contribution in [3.8, 4) is 17.4 Å². The van der Waals surface area contributed by atoms with Crippen LogP contribution in [0.2, 0.25) is 0 Å². The van der Waals surface area contributed by atoms with Crippen LogP contribution in [0.3, 0.4) is 0 Å². The van der Waals surface area contributed by atoms with Crippen LogP contribution in [0, 0.1) is 0 Å². The summed E-state index contributed by atoms with van der Waals surface area (Å²) in [5, 5.41) is 2.67. The lowest BCUT2D eigenvalue weighted by Crippen LogP contribution is -2.30. The number of nitrogens with zero attached hydrogens (tertiary/aromatic N) is 1. The number of pyridine rings is 1. The highest BCUT2D eigenvalue weighted by Crippen LogP contribution is 2.33. The van der Waals surface area contributed by atoms with Gasteiger partial charge in [0, 0.05) is 18.2 Å². The quantitative estimate of drug-likeness (QED) is 0.880. The third-order valence-corrected chi connectivity index (χ3v) is 3.05. The third-order valence-electron chi connectivity index (χ3n) is 3.05. The topological polar surface area (TPSA) is 60.5 Å². The average Bonchev–Trinajstić information content (AvgIpc) is 2.53.